The molecule has 0 aromatic carbocycles. The summed E-state index contributed by atoms with van der Waals surface area (Å²) in [7, 11) is 0. The molecule has 1 heterocycles. The Labute approximate surface area is 99.1 Å². The number of aliphatic carboxylic acids is 1. The third-order valence-electron chi connectivity index (χ3n) is 2.11. The zero-order valence-electron chi connectivity index (χ0n) is 9.51. The first-order chi connectivity index (χ1) is 8.09. The van der Waals surface area contributed by atoms with Crippen LogP contribution in [0.1, 0.15) is 12.6 Å². The molecule has 0 saturated heterocycles. The van der Waals surface area contributed by atoms with Crippen molar-refractivity contribution in [3.63, 3.8) is 0 Å². The predicted octanol–water partition coefficient (Wildman–Crippen LogP) is 0.396. The van der Waals surface area contributed by atoms with Crippen LogP contribution in [0.5, 0.6) is 0 Å². The minimum atomic E-state index is -1.06. The van der Waals surface area contributed by atoms with E-state index in [9.17, 15) is 9.59 Å². The van der Waals surface area contributed by atoms with Crippen LogP contribution in [0.2, 0.25) is 0 Å². The Morgan fingerprint density at radius 1 is 1.47 bits per heavy atom. The van der Waals surface area contributed by atoms with Gasteiger partial charge in [0.2, 0.25) is 0 Å². The Kier molecular flexibility index (Phi) is 4.93. The summed E-state index contributed by atoms with van der Waals surface area (Å²) in [4.78, 5) is 25.8. The standard InChI is InChI=1S/C11H15N3O3/c1-8(10(15)16)14-11(17)13-7-5-9-4-2-3-6-12-9/h2-4,6,8H,5,7H2,1H3,(H,15,16)(H2,13,14,17). The fraction of sp³-hybridized carbons (Fsp3) is 0.364. The second kappa shape index (κ2) is 6.47. The van der Waals surface area contributed by atoms with Crippen LogP contribution in [0.15, 0.2) is 24.4 Å². The number of nitrogens with one attached hydrogen (secondary N) is 2. The molecule has 92 valence electrons. The number of carboxylic acid groups (broad SMARTS) is 1. The molecule has 0 saturated carbocycles. The second-order valence-corrected chi connectivity index (χ2v) is 3.53. The lowest BCUT2D eigenvalue weighted by Gasteiger charge is -2.10. The number of pyridine rings is 1. The van der Waals surface area contributed by atoms with E-state index in [0.717, 1.165) is 5.69 Å². The molecule has 1 aromatic rings. The van der Waals surface area contributed by atoms with Crippen LogP contribution >= 0.6 is 0 Å². The highest BCUT2D eigenvalue weighted by Gasteiger charge is 2.12. The average Bonchev–Trinajstić information content (AvgIpc) is 2.30. The minimum Gasteiger partial charge on any atom is -0.480 e. The maximum atomic E-state index is 11.2. The number of carbonyl (C=O) groups is 2. The number of hydrogen-bond acceptors (Lipinski definition) is 3. The second-order valence-electron chi connectivity index (χ2n) is 3.53. The summed E-state index contributed by atoms with van der Waals surface area (Å²) in [5.41, 5.74) is 0.874. The molecule has 6 heteroatoms. The van der Waals surface area contributed by atoms with Crippen LogP contribution in [-0.2, 0) is 11.2 Å². The van der Waals surface area contributed by atoms with Gasteiger partial charge >= 0.3 is 12.0 Å². The SMILES string of the molecule is CC(NC(=O)NCCc1ccccn1)C(=O)O. The molecule has 2 amide bonds. The summed E-state index contributed by atoms with van der Waals surface area (Å²) in [5, 5.41) is 13.4. The molecule has 0 aliphatic heterocycles. The van der Waals surface area contributed by atoms with Gasteiger partial charge in [0.1, 0.15) is 6.04 Å². The van der Waals surface area contributed by atoms with Crippen molar-refractivity contribution in [1.29, 1.82) is 0 Å². The molecule has 0 radical (unpaired) electrons. The highest BCUT2D eigenvalue weighted by Crippen LogP contribution is 1.92. The Morgan fingerprint density at radius 2 is 2.24 bits per heavy atom. The lowest BCUT2D eigenvalue weighted by molar-refractivity contribution is -0.138. The molecule has 1 aromatic heterocycles. The number of aromatic nitrogens is 1. The van der Waals surface area contributed by atoms with Crippen molar-refractivity contribution < 1.29 is 14.7 Å². The topological polar surface area (TPSA) is 91.3 Å². The monoisotopic (exact) mass is 237 g/mol. The molecule has 1 rings (SSSR count). The van der Waals surface area contributed by atoms with E-state index in [0.29, 0.717) is 13.0 Å². The van der Waals surface area contributed by atoms with Gasteiger partial charge in [-0.15, -0.1) is 0 Å². The third kappa shape index (κ3) is 4.96. The molecule has 6 nitrogen and oxygen atoms in total. The zero-order chi connectivity index (χ0) is 12.7. The number of hydrogen-bond donors (Lipinski definition) is 3. The lowest BCUT2D eigenvalue weighted by atomic mass is 10.3. The van der Waals surface area contributed by atoms with E-state index in [1.807, 2.05) is 18.2 Å². The van der Waals surface area contributed by atoms with E-state index in [2.05, 4.69) is 15.6 Å². The van der Waals surface area contributed by atoms with Crippen molar-refractivity contribution in [2.45, 2.75) is 19.4 Å². The highest BCUT2D eigenvalue weighted by molar-refractivity contribution is 5.82. The molecule has 3 N–H and O–H groups in total. The van der Waals surface area contributed by atoms with Crippen LogP contribution in [-0.4, -0.2) is 34.7 Å². The molecule has 0 fully saturated rings. The Hall–Kier alpha value is -2.11. The minimum absolute atomic E-state index is 0.412. The highest BCUT2D eigenvalue weighted by atomic mass is 16.4. The predicted molar refractivity (Wildman–Crippen MR) is 61.6 cm³/mol. The Balaban J connectivity index is 2.23. The van der Waals surface area contributed by atoms with Crippen LogP contribution in [0.25, 0.3) is 0 Å². The van der Waals surface area contributed by atoms with Gasteiger partial charge in [-0.05, 0) is 19.1 Å². The van der Waals surface area contributed by atoms with E-state index < -0.39 is 18.0 Å². The number of carbonyl (C=O) groups excluding carboxylic acids is 1. The largest absolute Gasteiger partial charge is 0.480 e. The van der Waals surface area contributed by atoms with Crippen molar-refractivity contribution in [3.05, 3.63) is 30.1 Å². The van der Waals surface area contributed by atoms with Crippen LogP contribution in [0, 0.1) is 0 Å². The molecule has 1 unspecified atom stereocenters. The van der Waals surface area contributed by atoms with Gasteiger partial charge in [-0.25, -0.2) is 4.79 Å². The molecule has 0 bridgehead atoms. The van der Waals surface area contributed by atoms with Crippen molar-refractivity contribution in [2.24, 2.45) is 0 Å². The van der Waals surface area contributed by atoms with E-state index in [-0.39, 0.29) is 0 Å². The molecule has 0 spiro atoms. The van der Waals surface area contributed by atoms with Gasteiger partial charge in [0, 0.05) is 24.9 Å². The van der Waals surface area contributed by atoms with Gasteiger partial charge < -0.3 is 15.7 Å². The van der Waals surface area contributed by atoms with Crippen LogP contribution < -0.4 is 10.6 Å². The number of rotatable bonds is 5. The van der Waals surface area contributed by atoms with E-state index >= 15 is 0 Å². The van der Waals surface area contributed by atoms with Gasteiger partial charge in [0.15, 0.2) is 0 Å². The zero-order valence-corrected chi connectivity index (χ0v) is 9.51. The van der Waals surface area contributed by atoms with Gasteiger partial charge in [-0.3, -0.25) is 9.78 Å². The molecular formula is C11H15N3O3. The summed E-state index contributed by atoms with van der Waals surface area (Å²) in [6.07, 6.45) is 2.29. The van der Waals surface area contributed by atoms with E-state index in [1.165, 1.54) is 6.92 Å². The molecule has 0 aliphatic rings. The van der Waals surface area contributed by atoms with Gasteiger partial charge in [-0.1, -0.05) is 6.07 Å². The molecule has 17 heavy (non-hydrogen) atoms. The Morgan fingerprint density at radius 3 is 2.82 bits per heavy atom. The van der Waals surface area contributed by atoms with Crippen LogP contribution in [0.3, 0.4) is 0 Å². The first-order valence-electron chi connectivity index (χ1n) is 5.26. The van der Waals surface area contributed by atoms with Gasteiger partial charge in [0.05, 0.1) is 0 Å². The van der Waals surface area contributed by atoms with Crippen molar-refractivity contribution in [3.8, 4) is 0 Å². The van der Waals surface area contributed by atoms with Crippen molar-refractivity contribution >= 4 is 12.0 Å². The molecule has 1 atom stereocenters. The Bertz CT molecular complexity index is 381. The van der Waals surface area contributed by atoms with Crippen molar-refractivity contribution in [1.82, 2.24) is 15.6 Å². The fourth-order valence-electron chi connectivity index (χ4n) is 1.16. The summed E-state index contributed by atoms with van der Waals surface area (Å²) >= 11 is 0. The first kappa shape index (κ1) is 13.0. The molecule has 0 aliphatic carbocycles. The quantitative estimate of drug-likeness (QED) is 0.691. The molecular weight excluding hydrogens is 222 g/mol. The lowest BCUT2D eigenvalue weighted by Crippen LogP contribution is -2.44. The number of amides is 2. The normalized spacial score (nSPS) is 11.6. The summed E-state index contributed by atoms with van der Waals surface area (Å²) in [6, 6.07) is 4.16. The maximum absolute atomic E-state index is 11.2. The summed E-state index contributed by atoms with van der Waals surface area (Å²) in [5.74, 6) is -1.06. The van der Waals surface area contributed by atoms with Gasteiger partial charge in [0.25, 0.3) is 0 Å². The fourth-order valence-corrected chi connectivity index (χ4v) is 1.16. The third-order valence-corrected chi connectivity index (χ3v) is 2.11. The average molecular weight is 237 g/mol. The van der Waals surface area contributed by atoms with Crippen LogP contribution in [0.4, 0.5) is 4.79 Å². The first-order valence-corrected chi connectivity index (χ1v) is 5.26. The van der Waals surface area contributed by atoms with Gasteiger partial charge in [-0.2, -0.15) is 0 Å². The number of urea groups is 1. The number of carboxylic acids is 1. The summed E-state index contributed by atoms with van der Waals surface area (Å²) in [6.45, 7) is 1.82. The number of nitrogens with zero attached hydrogens (tertiary/aromatic N) is 1. The van der Waals surface area contributed by atoms with E-state index in [4.69, 9.17) is 5.11 Å². The van der Waals surface area contributed by atoms with E-state index in [1.54, 1.807) is 6.20 Å². The smallest absolute Gasteiger partial charge is 0.325 e. The summed E-state index contributed by atoms with van der Waals surface area (Å²) < 4.78 is 0. The van der Waals surface area contributed by atoms with Crippen molar-refractivity contribution in [2.75, 3.05) is 6.54 Å². The maximum Gasteiger partial charge on any atom is 0.325 e.